The van der Waals surface area contributed by atoms with Crippen LogP contribution in [0.15, 0.2) is 36.4 Å². The number of aromatic hydroxyl groups is 1. The minimum atomic E-state index is -1.33. The zero-order valence-electron chi connectivity index (χ0n) is 12.2. The van der Waals surface area contributed by atoms with Crippen molar-refractivity contribution < 1.29 is 10.2 Å². The summed E-state index contributed by atoms with van der Waals surface area (Å²) < 4.78 is 0. The fourth-order valence-electron chi connectivity index (χ4n) is 2.52. The van der Waals surface area contributed by atoms with Gasteiger partial charge in [0.15, 0.2) is 0 Å². The molecule has 1 unspecified atom stereocenters. The summed E-state index contributed by atoms with van der Waals surface area (Å²) in [5.74, 6) is 0.0361. The van der Waals surface area contributed by atoms with Crippen LogP contribution in [-0.2, 0) is 5.60 Å². The maximum Gasteiger partial charge on any atom is 0.120 e. The van der Waals surface area contributed by atoms with Gasteiger partial charge in [0.05, 0.1) is 0 Å². The first kappa shape index (κ1) is 16.2. The number of hydrogen-bond acceptors (Lipinski definition) is 2. The second-order valence-corrected chi connectivity index (χ2v) is 6.33. The predicted molar refractivity (Wildman–Crippen MR) is 87.1 cm³/mol. The molecule has 0 saturated heterocycles. The van der Waals surface area contributed by atoms with Crippen LogP contribution in [0.5, 0.6) is 5.75 Å². The van der Waals surface area contributed by atoms with Crippen molar-refractivity contribution in [2.75, 3.05) is 0 Å². The second kappa shape index (κ2) is 5.88. The Morgan fingerprint density at radius 2 is 1.62 bits per heavy atom. The van der Waals surface area contributed by atoms with Crippen molar-refractivity contribution in [1.82, 2.24) is 0 Å². The number of aryl methyl sites for hydroxylation is 1. The molecule has 0 amide bonds. The van der Waals surface area contributed by atoms with Crippen LogP contribution in [0, 0.1) is 12.8 Å². The third-order valence-electron chi connectivity index (χ3n) is 3.82. The molecule has 0 heterocycles. The minimum Gasteiger partial charge on any atom is -0.508 e. The van der Waals surface area contributed by atoms with E-state index < -0.39 is 5.60 Å². The molecule has 0 aliphatic carbocycles. The highest BCUT2D eigenvalue weighted by Crippen LogP contribution is 2.44. The van der Waals surface area contributed by atoms with Gasteiger partial charge in [-0.3, -0.25) is 0 Å². The van der Waals surface area contributed by atoms with Crippen LogP contribution < -0.4 is 0 Å². The van der Waals surface area contributed by atoms with E-state index in [4.69, 9.17) is 23.2 Å². The Kier molecular flexibility index (Phi) is 4.52. The summed E-state index contributed by atoms with van der Waals surface area (Å²) in [5, 5.41) is 21.9. The van der Waals surface area contributed by atoms with E-state index in [0.717, 1.165) is 0 Å². The number of aliphatic hydroxyl groups is 1. The number of halogens is 2. The van der Waals surface area contributed by atoms with Crippen molar-refractivity contribution in [2.24, 2.45) is 5.92 Å². The van der Waals surface area contributed by atoms with Gasteiger partial charge in [-0.15, -0.1) is 0 Å². The number of phenols is 1. The molecule has 2 aromatic rings. The number of phenolic OH excluding ortho intramolecular Hbond substituents is 1. The van der Waals surface area contributed by atoms with Gasteiger partial charge >= 0.3 is 0 Å². The Morgan fingerprint density at radius 1 is 1.05 bits per heavy atom. The maximum atomic E-state index is 11.4. The molecule has 2 rings (SSSR count). The normalized spacial score (nSPS) is 14.2. The third-order valence-corrected chi connectivity index (χ3v) is 4.45. The van der Waals surface area contributed by atoms with E-state index in [1.54, 1.807) is 43.3 Å². The Morgan fingerprint density at radius 3 is 2.10 bits per heavy atom. The van der Waals surface area contributed by atoms with Crippen LogP contribution >= 0.6 is 23.2 Å². The summed E-state index contributed by atoms with van der Waals surface area (Å²) >= 11 is 12.6. The largest absolute Gasteiger partial charge is 0.508 e. The van der Waals surface area contributed by atoms with Gasteiger partial charge in [0.25, 0.3) is 0 Å². The first-order chi connectivity index (χ1) is 9.78. The minimum absolute atomic E-state index is 0.154. The van der Waals surface area contributed by atoms with Crippen LogP contribution in [0.4, 0.5) is 0 Å². The van der Waals surface area contributed by atoms with E-state index in [1.165, 1.54) is 0 Å². The molecule has 0 spiro atoms. The molecule has 0 aliphatic rings. The van der Waals surface area contributed by atoms with Gasteiger partial charge < -0.3 is 10.2 Å². The molecule has 2 nitrogen and oxygen atoms in total. The van der Waals surface area contributed by atoms with E-state index in [2.05, 4.69) is 0 Å². The topological polar surface area (TPSA) is 40.5 Å². The Balaban J connectivity index is 2.74. The first-order valence-electron chi connectivity index (χ1n) is 6.75. The molecule has 0 aromatic heterocycles. The van der Waals surface area contributed by atoms with Crippen molar-refractivity contribution in [3.8, 4) is 5.75 Å². The quantitative estimate of drug-likeness (QED) is 0.843. The smallest absolute Gasteiger partial charge is 0.120 e. The molecule has 0 aliphatic heterocycles. The lowest BCUT2D eigenvalue weighted by Crippen LogP contribution is -2.34. The second-order valence-electron chi connectivity index (χ2n) is 5.52. The molecule has 112 valence electrons. The van der Waals surface area contributed by atoms with Crippen molar-refractivity contribution >= 4 is 23.2 Å². The van der Waals surface area contributed by atoms with E-state index in [9.17, 15) is 10.2 Å². The zero-order valence-corrected chi connectivity index (χ0v) is 13.7. The summed E-state index contributed by atoms with van der Waals surface area (Å²) in [6.07, 6.45) is 0. The zero-order chi connectivity index (χ0) is 15.8. The van der Waals surface area contributed by atoms with Crippen LogP contribution in [0.3, 0.4) is 0 Å². The molecular weight excluding hydrogens is 307 g/mol. The summed E-state index contributed by atoms with van der Waals surface area (Å²) in [5.41, 5.74) is 0.513. The number of rotatable bonds is 3. The maximum absolute atomic E-state index is 11.4. The van der Waals surface area contributed by atoms with Crippen LogP contribution in [0.1, 0.15) is 30.5 Å². The fraction of sp³-hybridized carbons (Fsp3) is 0.294. The van der Waals surface area contributed by atoms with Crippen LogP contribution in [0.2, 0.25) is 10.0 Å². The average Bonchev–Trinajstić information content (AvgIpc) is 2.41. The van der Waals surface area contributed by atoms with E-state index >= 15 is 0 Å². The standard InChI is InChI=1S/C17H18Cl2O2/c1-10(2)17(21,12-7-8-15(20)11(3)9-12)16-13(18)5-4-6-14(16)19/h4-10,20-21H,1-3H3. The van der Waals surface area contributed by atoms with Gasteiger partial charge in [-0.2, -0.15) is 0 Å². The van der Waals surface area contributed by atoms with Crippen molar-refractivity contribution in [2.45, 2.75) is 26.4 Å². The van der Waals surface area contributed by atoms with E-state index in [1.807, 2.05) is 13.8 Å². The third kappa shape index (κ3) is 2.76. The molecule has 0 saturated carbocycles. The lowest BCUT2D eigenvalue weighted by molar-refractivity contribution is 0.0319. The molecule has 21 heavy (non-hydrogen) atoms. The molecule has 2 aromatic carbocycles. The van der Waals surface area contributed by atoms with E-state index in [-0.39, 0.29) is 11.7 Å². The monoisotopic (exact) mass is 324 g/mol. The van der Waals surface area contributed by atoms with Crippen LogP contribution in [-0.4, -0.2) is 10.2 Å². The molecule has 0 radical (unpaired) electrons. The molecule has 4 heteroatoms. The highest BCUT2D eigenvalue weighted by atomic mass is 35.5. The summed E-state index contributed by atoms with van der Waals surface area (Å²) in [6.45, 7) is 5.59. The number of hydrogen-bond donors (Lipinski definition) is 2. The van der Waals surface area contributed by atoms with Crippen LogP contribution in [0.25, 0.3) is 0 Å². The SMILES string of the molecule is Cc1cc(C(O)(c2c(Cl)cccc2Cl)C(C)C)ccc1O. The highest BCUT2D eigenvalue weighted by molar-refractivity contribution is 6.36. The first-order valence-corrected chi connectivity index (χ1v) is 7.51. The lowest BCUT2D eigenvalue weighted by Gasteiger charge is -2.35. The average molecular weight is 325 g/mol. The number of benzene rings is 2. The van der Waals surface area contributed by atoms with E-state index in [0.29, 0.717) is 26.7 Å². The summed E-state index contributed by atoms with van der Waals surface area (Å²) in [4.78, 5) is 0. The summed E-state index contributed by atoms with van der Waals surface area (Å²) in [6, 6.07) is 10.2. The highest BCUT2D eigenvalue weighted by Gasteiger charge is 2.38. The molecule has 0 fully saturated rings. The van der Waals surface area contributed by atoms with Crippen molar-refractivity contribution in [3.05, 3.63) is 63.1 Å². The molecule has 1 atom stereocenters. The van der Waals surface area contributed by atoms with Gasteiger partial charge in [0, 0.05) is 15.6 Å². The van der Waals surface area contributed by atoms with Gasteiger partial charge in [-0.05, 0) is 48.2 Å². The van der Waals surface area contributed by atoms with Crippen molar-refractivity contribution in [1.29, 1.82) is 0 Å². The Hall–Kier alpha value is -1.22. The summed E-state index contributed by atoms with van der Waals surface area (Å²) in [7, 11) is 0. The Bertz CT molecular complexity index is 648. The van der Waals surface area contributed by atoms with Crippen molar-refractivity contribution in [3.63, 3.8) is 0 Å². The van der Waals surface area contributed by atoms with Gasteiger partial charge in [0.2, 0.25) is 0 Å². The molecular formula is C17H18Cl2O2. The molecule has 2 N–H and O–H groups in total. The Labute approximate surface area is 135 Å². The lowest BCUT2D eigenvalue weighted by atomic mass is 9.77. The van der Waals surface area contributed by atoms with Gasteiger partial charge in [-0.25, -0.2) is 0 Å². The fourth-order valence-corrected chi connectivity index (χ4v) is 3.21. The van der Waals surface area contributed by atoms with Gasteiger partial charge in [-0.1, -0.05) is 49.2 Å². The predicted octanol–water partition coefficient (Wildman–Crippen LogP) is 4.90. The van der Waals surface area contributed by atoms with Gasteiger partial charge in [0.1, 0.15) is 11.4 Å². The molecule has 0 bridgehead atoms.